The van der Waals surface area contributed by atoms with Crippen LogP contribution in [0.5, 0.6) is 5.75 Å². The van der Waals surface area contributed by atoms with Gasteiger partial charge in [-0.1, -0.05) is 93.6 Å². The second-order valence-electron chi connectivity index (χ2n) is 20.3. The highest BCUT2D eigenvalue weighted by Crippen LogP contribution is 2.42. The molecule has 73 heavy (non-hydrogen) atoms. The molecule has 19 nitrogen and oxygen atoms in total. The third kappa shape index (κ3) is 15.4. The summed E-state index contributed by atoms with van der Waals surface area (Å²) in [5.74, 6) is 0.157. The third-order valence-corrected chi connectivity index (χ3v) is 20.6. The molecule has 22 heteroatoms. The summed E-state index contributed by atoms with van der Waals surface area (Å²) in [6.07, 6.45) is -1.61. The molecule has 4 aromatic carbocycles. The molecule has 0 saturated carbocycles. The van der Waals surface area contributed by atoms with Gasteiger partial charge in [-0.15, -0.1) is 10.2 Å². The fourth-order valence-electron chi connectivity index (χ4n) is 7.81. The molecule has 1 atom stereocenters. The quantitative estimate of drug-likeness (QED) is 0.0547. The van der Waals surface area contributed by atoms with E-state index in [2.05, 4.69) is 20.4 Å². The first kappa shape index (κ1) is 56.5. The maximum Gasteiger partial charge on any atom is 0.407 e. The minimum atomic E-state index is -4.88. The van der Waals surface area contributed by atoms with Crippen LogP contribution in [0.1, 0.15) is 65.2 Å². The number of nitrogens with one attached hydrogen (secondary N) is 2. The Kier molecular flexibility index (Phi) is 18.6. The van der Waals surface area contributed by atoms with E-state index in [0.717, 1.165) is 5.56 Å². The van der Waals surface area contributed by atoms with Gasteiger partial charge in [-0.25, -0.2) is 26.4 Å². The lowest BCUT2D eigenvalue weighted by Gasteiger charge is -2.39. The van der Waals surface area contributed by atoms with Crippen LogP contribution in [-0.4, -0.2) is 138 Å². The van der Waals surface area contributed by atoms with Crippen LogP contribution in [0, 0.1) is 0 Å². The molecular weight excluding hydrogens is 991 g/mol. The van der Waals surface area contributed by atoms with Crippen LogP contribution in [0.2, 0.25) is 18.1 Å². The first-order valence-corrected chi connectivity index (χ1v) is 30.2. The van der Waals surface area contributed by atoms with Crippen molar-refractivity contribution in [2.24, 2.45) is 0 Å². The average Bonchev–Trinajstić information content (AvgIpc) is 3.80. The van der Waals surface area contributed by atoms with E-state index in [1.165, 1.54) is 15.2 Å². The van der Waals surface area contributed by atoms with Gasteiger partial charge in [0, 0.05) is 58.0 Å². The lowest BCUT2D eigenvalue weighted by atomic mass is 10.1. The lowest BCUT2D eigenvalue weighted by molar-refractivity contribution is -0.144. The largest absolute Gasteiger partial charge is 0.497 e. The third-order valence-electron chi connectivity index (χ3n) is 12.6. The standard InChI is InChI=1S/C51H71N9O10S2Si/c1-11-68-45(61)37-57-28-30-58(31-29-57)43-26-27-44(71(63,64)53-33-42(70-73(9,10)51(5,6)7)32-52-49(62)69-50(2,3)4)47(46(43)48-54-56-60(55-48)36-40-22-24-41(67-8)25-23-40)72(65,66)59(34-38-18-14-12-15-19-38)35-39-20-16-13-17-21-39/h12-27,42,53H,11,28-37H2,1-10H3,(H,52,62)/t42-/m1/s1. The van der Waals surface area contributed by atoms with Crippen LogP contribution in [-0.2, 0) is 58.4 Å². The maximum atomic E-state index is 16.1. The van der Waals surface area contributed by atoms with Gasteiger partial charge in [-0.2, -0.15) is 9.10 Å². The Hall–Kier alpha value is -5.75. The molecular formula is C51H71N9O10S2Si. The fourth-order valence-corrected chi connectivity index (χ4v) is 12.6. The zero-order chi connectivity index (χ0) is 53.2. The predicted octanol–water partition coefficient (Wildman–Crippen LogP) is 6.67. The molecule has 0 aliphatic carbocycles. The molecule has 1 aliphatic heterocycles. The van der Waals surface area contributed by atoms with E-state index in [0.29, 0.717) is 48.7 Å². The number of esters is 1. The number of alkyl carbamates (subject to hydrolysis) is 1. The van der Waals surface area contributed by atoms with E-state index in [4.69, 9.17) is 23.7 Å². The highest BCUT2D eigenvalue weighted by Gasteiger charge is 2.42. The number of piperazine rings is 1. The Morgan fingerprint density at radius 3 is 1.95 bits per heavy atom. The number of aromatic nitrogens is 4. The number of hydrogen-bond acceptors (Lipinski definition) is 15. The highest BCUT2D eigenvalue weighted by molar-refractivity contribution is 7.92. The van der Waals surface area contributed by atoms with E-state index >= 15 is 16.8 Å². The first-order chi connectivity index (χ1) is 34.4. The summed E-state index contributed by atoms with van der Waals surface area (Å²) in [6, 6.07) is 28.2. The second kappa shape index (κ2) is 24.1. The van der Waals surface area contributed by atoms with Crippen molar-refractivity contribution in [3.8, 4) is 17.1 Å². The maximum absolute atomic E-state index is 16.1. The molecule has 0 bridgehead atoms. The van der Waals surface area contributed by atoms with Crippen molar-refractivity contribution in [2.75, 3.05) is 64.4 Å². The minimum Gasteiger partial charge on any atom is -0.497 e. The van der Waals surface area contributed by atoms with Gasteiger partial charge >= 0.3 is 12.1 Å². The van der Waals surface area contributed by atoms with Crippen molar-refractivity contribution >= 4 is 46.1 Å². The van der Waals surface area contributed by atoms with Crippen molar-refractivity contribution in [3.05, 3.63) is 114 Å². The number of hydrogen-bond donors (Lipinski definition) is 2. The Morgan fingerprint density at radius 1 is 0.795 bits per heavy atom. The van der Waals surface area contributed by atoms with Gasteiger partial charge in [0.05, 0.1) is 38.5 Å². The smallest absolute Gasteiger partial charge is 0.407 e. The zero-order valence-electron chi connectivity index (χ0n) is 43.6. The molecule has 1 aromatic heterocycles. The van der Waals surface area contributed by atoms with Crippen LogP contribution in [0.3, 0.4) is 0 Å². The summed E-state index contributed by atoms with van der Waals surface area (Å²) in [5.41, 5.74) is 1.59. The second-order valence-corrected chi connectivity index (χ2v) is 28.7. The van der Waals surface area contributed by atoms with Crippen molar-refractivity contribution in [1.82, 2.24) is 39.5 Å². The predicted molar refractivity (Wildman–Crippen MR) is 281 cm³/mol. The Morgan fingerprint density at radius 2 is 1.40 bits per heavy atom. The summed E-state index contributed by atoms with van der Waals surface area (Å²) >= 11 is 0. The first-order valence-electron chi connectivity index (χ1n) is 24.3. The van der Waals surface area contributed by atoms with Gasteiger partial charge in [0.15, 0.2) is 8.32 Å². The molecule has 1 saturated heterocycles. The van der Waals surface area contributed by atoms with Gasteiger partial charge in [0.1, 0.15) is 21.1 Å². The van der Waals surface area contributed by atoms with Crippen molar-refractivity contribution in [3.63, 3.8) is 0 Å². The molecule has 1 fully saturated rings. The molecule has 2 heterocycles. The van der Waals surface area contributed by atoms with Crippen LogP contribution in [0.4, 0.5) is 10.5 Å². The Labute approximate surface area is 431 Å². The summed E-state index contributed by atoms with van der Waals surface area (Å²) in [7, 11) is -10.7. The normalized spacial score (nSPS) is 14.5. The summed E-state index contributed by atoms with van der Waals surface area (Å²) in [4.78, 5) is 29.6. The van der Waals surface area contributed by atoms with Crippen LogP contribution >= 0.6 is 0 Å². The molecule has 396 valence electrons. The minimum absolute atomic E-state index is 0.0691. The molecule has 0 spiro atoms. The van der Waals surface area contributed by atoms with Crippen molar-refractivity contribution < 1.29 is 45.1 Å². The topological polar surface area (TPSA) is 217 Å². The van der Waals surface area contributed by atoms with E-state index in [1.54, 1.807) is 102 Å². The number of sulfonamides is 2. The van der Waals surface area contributed by atoms with Crippen LogP contribution < -0.4 is 19.7 Å². The summed E-state index contributed by atoms with van der Waals surface area (Å²) in [5, 5.41) is 16.1. The molecule has 0 radical (unpaired) electrons. The zero-order valence-corrected chi connectivity index (χ0v) is 46.3. The lowest BCUT2D eigenvalue weighted by Crippen LogP contribution is -2.51. The van der Waals surface area contributed by atoms with Crippen molar-refractivity contribution in [1.29, 1.82) is 0 Å². The van der Waals surface area contributed by atoms with Crippen molar-refractivity contribution in [2.45, 2.75) is 108 Å². The number of rotatable bonds is 22. The van der Waals surface area contributed by atoms with Crippen LogP contribution in [0.15, 0.2) is 107 Å². The summed E-state index contributed by atoms with van der Waals surface area (Å²) in [6.45, 7) is 18.3. The highest BCUT2D eigenvalue weighted by atomic mass is 32.2. The SMILES string of the molecule is CCOC(=O)CN1CCN(c2ccc(S(=O)(=O)NC[C@@H](CNC(=O)OC(C)(C)C)O[Si](C)(C)C(C)(C)C)c(S(=O)(=O)N(Cc3ccccc3)Cc3ccccc3)c2-c2nnn(Cc3ccc(OC)cc3)n2)CC1. The van der Waals surface area contributed by atoms with Gasteiger partial charge < -0.3 is 28.9 Å². The number of benzene rings is 4. The van der Waals surface area contributed by atoms with E-state index in [1.807, 2.05) is 67.9 Å². The van der Waals surface area contributed by atoms with E-state index in [-0.39, 0.29) is 68.3 Å². The van der Waals surface area contributed by atoms with Gasteiger partial charge in [0.25, 0.3) is 0 Å². The van der Waals surface area contributed by atoms with E-state index < -0.39 is 56.0 Å². The Bertz CT molecular complexity index is 2810. The van der Waals surface area contributed by atoms with E-state index in [9.17, 15) is 9.59 Å². The molecule has 6 rings (SSSR count). The fraction of sp³-hybridized carbons (Fsp3) is 0.471. The van der Waals surface area contributed by atoms with Gasteiger partial charge in [-0.3, -0.25) is 9.69 Å². The van der Waals surface area contributed by atoms with Gasteiger partial charge in [-0.05, 0) is 92.0 Å². The summed E-state index contributed by atoms with van der Waals surface area (Å²) < 4.78 is 89.6. The number of amides is 1. The number of methoxy groups -OCH3 is 1. The molecule has 1 amide bonds. The molecule has 2 N–H and O–H groups in total. The number of carbonyl (C=O) groups excluding carboxylic acids is 2. The Balaban J connectivity index is 1.54. The van der Waals surface area contributed by atoms with Gasteiger partial charge in [0.2, 0.25) is 25.9 Å². The monoisotopic (exact) mass is 1060 g/mol. The number of carbonyl (C=O) groups is 2. The van der Waals surface area contributed by atoms with Crippen LogP contribution in [0.25, 0.3) is 11.4 Å². The number of tetrazole rings is 1. The molecule has 1 aliphatic rings. The number of nitrogens with zero attached hydrogens (tertiary/aromatic N) is 7. The number of ether oxygens (including phenoxy) is 3. The molecule has 0 unspecified atom stereocenters. The number of anilines is 1. The average molecular weight is 1060 g/mol. The molecule has 5 aromatic rings.